The first-order valence-corrected chi connectivity index (χ1v) is 8.29. The summed E-state index contributed by atoms with van der Waals surface area (Å²) in [5, 5.41) is 0. The zero-order chi connectivity index (χ0) is 15.8. The molecule has 0 spiro atoms. The van der Waals surface area contributed by atoms with Gasteiger partial charge in [0.15, 0.2) is 0 Å². The van der Waals surface area contributed by atoms with Crippen LogP contribution < -0.4 is 4.72 Å². The molecular formula is C12H24N2O5S. The van der Waals surface area contributed by atoms with Gasteiger partial charge in [0, 0.05) is 13.6 Å². The lowest BCUT2D eigenvalue weighted by atomic mass is 10.3. The minimum atomic E-state index is -3.44. The van der Waals surface area contributed by atoms with Crippen molar-refractivity contribution in [3.05, 3.63) is 0 Å². The lowest BCUT2D eigenvalue weighted by Gasteiger charge is -2.21. The van der Waals surface area contributed by atoms with Gasteiger partial charge in [-0.15, -0.1) is 0 Å². The Kier molecular flexibility index (Phi) is 8.40. The number of likely N-dealkylation sites (N-methyl/N-ethyl adjacent to an activating group) is 1. The molecule has 0 saturated carbocycles. The van der Waals surface area contributed by atoms with Crippen LogP contribution in [0.2, 0.25) is 0 Å². The highest BCUT2D eigenvalue weighted by atomic mass is 32.2. The van der Waals surface area contributed by atoms with Crippen molar-refractivity contribution in [2.75, 3.05) is 26.0 Å². The first-order valence-electron chi connectivity index (χ1n) is 6.64. The van der Waals surface area contributed by atoms with Crippen LogP contribution in [-0.4, -0.2) is 57.2 Å². The largest absolute Gasteiger partial charge is 0.466 e. The third kappa shape index (κ3) is 7.44. The van der Waals surface area contributed by atoms with Gasteiger partial charge in [0.1, 0.15) is 0 Å². The van der Waals surface area contributed by atoms with Crippen molar-refractivity contribution in [1.82, 2.24) is 9.62 Å². The predicted octanol–water partition coefficient (Wildman–Crippen LogP) is 0.116. The number of amides is 1. The Morgan fingerprint density at radius 3 is 2.40 bits per heavy atom. The molecule has 7 nitrogen and oxygen atoms in total. The van der Waals surface area contributed by atoms with Crippen LogP contribution in [0.5, 0.6) is 0 Å². The third-order valence-electron chi connectivity index (χ3n) is 2.53. The molecule has 1 amide bonds. The van der Waals surface area contributed by atoms with Crippen molar-refractivity contribution in [3.63, 3.8) is 0 Å². The fourth-order valence-corrected chi connectivity index (χ4v) is 2.88. The van der Waals surface area contributed by atoms with Gasteiger partial charge in [-0.1, -0.05) is 6.92 Å². The van der Waals surface area contributed by atoms with Crippen LogP contribution in [0.25, 0.3) is 0 Å². The highest BCUT2D eigenvalue weighted by Crippen LogP contribution is 1.99. The number of nitrogens with zero attached hydrogens (tertiary/aromatic N) is 1. The zero-order valence-corrected chi connectivity index (χ0v) is 13.3. The van der Waals surface area contributed by atoms with Gasteiger partial charge in [0.25, 0.3) is 0 Å². The van der Waals surface area contributed by atoms with Crippen molar-refractivity contribution in [1.29, 1.82) is 0 Å². The van der Waals surface area contributed by atoms with E-state index in [1.807, 2.05) is 0 Å². The van der Waals surface area contributed by atoms with Gasteiger partial charge < -0.3 is 9.64 Å². The third-order valence-corrected chi connectivity index (χ3v) is 4.19. The molecule has 0 aromatic rings. The second kappa shape index (κ2) is 8.91. The molecular weight excluding hydrogens is 284 g/mol. The number of nitrogens with one attached hydrogen (secondary N) is 1. The number of hydrogen-bond acceptors (Lipinski definition) is 5. The van der Waals surface area contributed by atoms with Crippen LogP contribution in [0.3, 0.4) is 0 Å². The molecule has 0 aliphatic rings. The Bertz CT molecular complexity index is 422. The van der Waals surface area contributed by atoms with Crippen molar-refractivity contribution in [2.45, 2.75) is 39.7 Å². The lowest BCUT2D eigenvalue weighted by Crippen LogP contribution is -2.46. The molecule has 0 rings (SSSR count). The number of rotatable bonds is 9. The Balaban J connectivity index is 4.33. The zero-order valence-electron chi connectivity index (χ0n) is 12.5. The van der Waals surface area contributed by atoms with E-state index in [0.29, 0.717) is 13.0 Å². The number of esters is 1. The van der Waals surface area contributed by atoms with E-state index in [1.54, 1.807) is 13.8 Å². The summed E-state index contributed by atoms with van der Waals surface area (Å²) < 4.78 is 30.2. The Morgan fingerprint density at radius 2 is 1.90 bits per heavy atom. The maximum atomic E-state index is 11.9. The van der Waals surface area contributed by atoms with E-state index in [4.69, 9.17) is 4.74 Å². The Labute approximate surface area is 120 Å². The minimum absolute atomic E-state index is 0.0167. The fraction of sp³-hybridized carbons (Fsp3) is 0.833. The van der Waals surface area contributed by atoms with Gasteiger partial charge >= 0.3 is 5.97 Å². The van der Waals surface area contributed by atoms with Crippen LogP contribution in [0.4, 0.5) is 0 Å². The molecule has 0 heterocycles. The molecule has 8 heteroatoms. The molecule has 20 heavy (non-hydrogen) atoms. The van der Waals surface area contributed by atoms with E-state index in [1.165, 1.54) is 18.9 Å². The second-order valence-corrected chi connectivity index (χ2v) is 6.35. The van der Waals surface area contributed by atoms with Crippen molar-refractivity contribution < 1.29 is 22.7 Å². The molecule has 0 aromatic carbocycles. The average molecular weight is 308 g/mol. The van der Waals surface area contributed by atoms with E-state index in [2.05, 4.69) is 4.72 Å². The first kappa shape index (κ1) is 18.9. The number of ether oxygens (including phenoxy) is 1. The van der Waals surface area contributed by atoms with Crippen LogP contribution in [0.1, 0.15) is 33.6 Å². The maximum Gasteiger partial charge on any atom is 0.307 e. The summed E-state index contributed by atoms with van der Waals surface area (Å²) >= 11 is 0. The molecule has 0 aliphatic heterocycles. The van der Waals surface area contributed by atoms with E-state index < -0.39 is 16.1 Å². The summed E-state index contributed by atoms with van der Waals surface area (Å²) in [6.07, 6.45) is 0.569. The summed E-state index contributed by atoms with van der Waals surface area (Å²) in [6, 6.07) is -0.848. The quantitative estimate of drug-likeness (QED) is 0.611. The smallest absolute Gasteiger partial charge is 0.307 e. The molecule has 0 aromatic heterocycles. The van der Waals surface area contributed by atoms with E-state index in [9.17, 15) is 18.0 Å². The standard InChI is InChI=1S/C12H24N2O5S/c1-5-9-20(17,18)13-10(3)12(16)14(4)8-7-11(15)19-6-2/h10,13H,5-9H2,1-4H3. The van der Waals surface area contributed by atoms with Gasteiger partial charge in [0.05, 0.1) is 24.8 Å². The number of hydrogen-bond donors (Lipinski definition) is 1. The Morgan fingerprint density at radius 1 is 1.30 bits per heavy atom. The first-order chi connectivity index (χ1) is 9.23. The van der Waals surface area contributed by atoms with Gasteiger partial charge in [-0.05, 0) is 20.3 Å². The van der Waals surface area contributed by atoms with E-state index >= 15 is 0 Å². The summed E-state index contributed by atoms with van der Waals surface area (Å²) in [6.45, 7) is 5.42. The van der Waals surface area contributed by atoms with Gasteiger partial charge in [0.2, 0.25) is 15.9 Å². The summed E-state index contributed by atoms with van der Waals surface area (Å²) in [5.41, 5.74) is 0. The molecule has 0 bridgehead atoms. The average Bonchev–Trinajstić information content (AvgIpc) is 2.34. The molecule has 0 fully saturated rings. The van der Waals surface area contributed by atoms with Crippen LogP contribution in [0, 0.1) is 0 Å². The fourth-order valence-electron chi connectivity index (χ4n) is 1.58. The molecule has 0 radical (unpaired) electrons. The number of sulfonamides is 1. The summed E-state index contributed by atoms with van der Waals surface area (Å²) in [7, 11) is -1.92. The van der Waals surface area contributed by atoms with Crippen molar-refractivity contribution >= 4 is 21.9 Å². The Hall–Kier alpha value is -1.15. The van der Waals surface area contributed by atoms with E-state index in [-0.39, 0.29) is 30.6 Å². The molecule has 1 unspecified atom stereocenters. The van der Waals surface area contributed by atoms with Gasteiger partial charge in [-0.25, -0.2) is 13.1 Å². The second-order valence-electron chi connectivity index (χ2n) is 4.47. The maximum absolute atomic E-state index is 11.9. The number of carbonyl (C=O) groups excluding carboxylic acids is 2. The number of carbonyl (C=O) groups is 2. The predicted molar refractivity (Wildman–Crippen MR) is 75.6 cm³/mol. The minimum Gasteiger partial charge on any atom is -0.466 e. The molecule has 0 saturated heterocycles. The van der Waals surface area contributed by atoms with Gasteiger partial charge in [-0.3, -0.25) is 9.59 Å². The normalized spacial score (nSPS) is 12.8. The van der Waals surface area contributed by atoms with Crippen LogP contribution in [0.15, 0.2) is 0 Å². The molecule has 1 N–H and O–H groups in total. The monoisotopic (exact) mass is 308 g/mol. The molecule has 118 valence electrons. The van der Waals surface area contributed by atoms with E-state index in [0.717, 1.165) is 0 Å². The topological polar surface area (TPSA) is 92.8 Å². The SMILES string of the molecule is CCCS(=O)(=O)NC(C)C(=O)N(C)CCC(=O)OCC. The highest BCUT2D eigenvalue weighted by Gasteiger charge is 2.22. The van der Waals surface area contributed by atoms with Crippen molar-refractivity contribution in [2.24, 2.45) is 0 Å². The van der Waals surface area contributed by atoms with Crippen molar-refractivity contribution in [3.8, 4) is 0 Å². The highest BCUT2D eigenvalue weighted by molar-refractivity contribution is 7.89. The lowest BCUT2D eigenvalue weighted by molar-refractivity contribution is -0.144. The van der Waals surface area contributed by atoms with Crippen LogP contribution in [-0.2, 0) is 24.3 Å². The summed E-state index contributed by atoms with van der Waals surface area (Å²) in [4.78, 5) is 24.4. The van der Waals surface area contributed by atoms with Crippen LogP contribution >= 0.6 is 0 Å². The molecule has 1 atom stereocenters. The molecule has 0 aliphatic carbocycles. The summed E-state index contributed by atoms with van der Waals surface area (Å²) in [5.74, 6) is -0.780. The van der Waals surface area contributed by atoms with Gasteiger partial charge in [-0.2, -0.15) is 0 Å².